The first-order chi connectivity index (χ1) is 7.75. The third-order valence-corrected chi connectivity index (χ3v) is 2.35. The molecule has 16 heavy (non-hydrogen) atoms. The SMILES string of the molecule is O=C(O)Cc1ccc(-c2c[c]ccc2)cc1. The zero-order valence-electron chi connectivity index (χ0n) is 8.68. The molecule has 0 aliphatic carbocycles. The van der Waals surface area contributed by atoms with Gasteiger partial charge in [0.1, 0.15) is 0 Å². The minimum Gasteiger partial charge on any atom is -0.481 e. The van der Waals surface area contributed by atoms with E-state index in [1.165, 1.54) is 0 Å². The molecule has 1 N–H and O–H groups in total. The van der Waals surface area contributed by atoms with Crippen molar-refractivity contribution >= 4 is 5.97 Å². The Morgan fingerprint density at radius 2 is 1.88 bits per heavy atom. The van der Waals surface area contributed by atoms with Crippen LogP contribution in [0.2, 0.25) is 0 Å². The van der Waals surface area contributed by atoms with E-state index < -0.39 is 5.97 Å². The molecule has 0 fully saturated rings. The molecule has 0 bridgehead atoms. The maximum Gasteiger partial charge on any atom is 0.307 e. The van der Waals surface area contributed by atoms with Gasteiger partial charge in [-0.1, -0.05) is 42.5 Å². The fraction of sp³-hybridized carbons (Fsp3) is 0.0714. The van der Waals surface area contributed by atoms with Crippen molar-refractivity contribution in [3.05, 3.63) is 60.2 Å². The molecule has 0 aliphatic heterocycles. The molecule has 0 spiro atoms. The van der Waals surface area contributed by atoms with Crippen LogP contribution in [0.5, 0.6) is 0 Å². The molecule has 0 unspecified atom stereocenters. The van der Waals surface area contributed by atoms with E-state index in [9.17, 15) is 4.79 Å². The summed E-state index contributed by atoms with van der Waals surface area (Å²) in [6.45, 7) is 0. The molecule has 2 nitrogen and oxygen atoms in total. The molecule has 0 atom stereocenters. The average Bonchev–Trinajstić information content (AvgIpc) is 2.30. The van der Waals surface area contributed by atoms with Gasteiger partial charge in [0.25, 0.3) is 0 Å². The van der Waals surface area contributed by atoms with E-state index in [-0.39, 0.29) is 6.42 Å². The summed E-state index contributed by atoms with van der Waals surface area (Å²) in [5.74, 6) is -0.805. The summed E-state index contributed by atoms with van der Waals surface area (Å²) < 4.78 is 0. The fourth-order valence-electron chi connectivity index (χ4n) is 1.56. The Kier molecular flexibility index (Phi) is 3.01. The molecule has 2 heteroatoms. The summed E-state index contributed by atoms with van der Waals surface area (Å²) in [6.07, 6.45) is 0.0706. The van der Waals surface area contributed by atoms with Crippen LogP contribution in [-0.4, -0.2) is 11.1 Å². The molecule has 0 aliphatic rings. The molecular formula is C14H11O2. The Hall–Kier alpha value is -2.09. The molecule has 0 aromatic heterocycles. The standard InChI is InChI=1S/C14H11O2/c15-14(16)10-11-6-8-13(9-7-11)12-4-2-1-3-5-12/h1-2,4-9H,10H2,(H,15,16). The number of carboxylic acids is 1. The predicted octanol–water partition coefficient (Wildman–Crippen LogP) is 2.78. The minimum absolute atomic E-state index is 0.0706. The van der Waals surface area contributed by atoms with Crippen LogP contribution < -0.4 is 0 Å². The van der Waals surface area contributed by atoms with E-state index in [1.54, 1.807) is 0 Å². The van der Waals surface area contributed by atoms with Crippen LogP contribution in [-0.2, 0) is 11.2 Å². The highest BCUT2D eigenvalue weighted by Gasteiger charge is 2.01. The normalized spacial score (nSPS) is 10.0. The van der Waals surface area contributed by atoms with E-state index in [1.807, 2.05) is 48.5 Å². The number of carboxylic acid groups (broad SMARTS) is 1. The first-order valence-electron chi connectivity index (χ1n) is 5.03. The summed E-state index contributed by atoms with van der Waals surface area (Å²) in [5.41, 5.74) is 2.98. The van der Waals surface area contributed by atoms with E-state index in [0.29, 0.717) is 0 Å². The largest absolute Gasteiger partial charge is 0.481 e. The maximum atomic E-state index is 10.5. The maximum absolute atomic E-state index is 10.5. The van der Waals surface area contributed by atoms with Gasteiger partial charge in [-0.2, -0.15) is 0 Å². The Morgan fingerprint density at radius 3 is 2.44 bits per heavy atom. The first-order valence-corrected chi connectivity index (χ1v) is 5.03. The number of rotatable bonds is 3. The number of carbonyl (C=O) groups is 1. The highest BCUT2D eigenvalue weighted by molar-refractivity contribution is 5.71. The van der Waals surface area contributed by atoms with Crippen molar-refractivity contribution < 1.29 is 9.90 Å². The Labute approximate surface area is 94.2 Å². The van der Waals surface area contributed by atoms with Crippen molar-refractivity contribution in [1.29, 1.82) is 0 Å². The van der Waals surface area contributed by atoms with Gasteiger partial charge in [-0.3, -0.25) is 4.79 Å². The lowest BCUT2D eigenvalue weighted by atomic mass is 10.0. The Morgan fingerprint density at radius 1 is 1.12 bits per heavy atom. The summed E-state index contributed by atoms with van der Waals surface area (Å²) in [5, 5.41) is 8.65. The second kappa shape index (κ2) is 4.62. The number of aliphatic carboxylic acids is 1. The van der Waals surface area contributed by atoms with Gasteiger partial charge in [0.05, 0.1) is 6.42 Å². The van der Waals surface area contributed by atoms with Crippen molar-refractivity contribution in [2.75, 3.05) is 0 Å². The lowest BCUT2D eigenvalue weighted by molar-refractivity contribution is -0.136. The fourth-order valence-corrected chi connectivity index (χ4v) is 1.56. The third-order valence-electron chi connectivity index (χ3n) is 2.35. The van der Waals surface area contributed by atoms with Crippen molar-refractivity contribution in [3.63, 3.8) is 0 Å². The molecule has 0 amide bonds. The van der Waals surface area contributed by atoms with Crippen molar-refractivity contribution in [2.24, 2.45) is 0 Å². The van der Waals surface area contributed by atoms with Gasteiger partial charge < -0.3 is 5.11 Å². The summed E-state index contributed by atoms with van der Waals surface area (Å²) >= 11 is 0. The lowest BCUT2D eigenvalue weighted by Gasteiger charge is -2.02. The zero-order valence-corrected chi connectivity index (χ0v) is 8.68. The quantitative estimate of drug-likeness (QED) is 0.847. The van der Waals surface area contributed by atoms with Gasteiger partial charge in [0.2, 0.25) is 0 Å². The first kappa shape index (κ1) is 10.4. The summed E-state index contributed by atoms with van der Waals surface area (Å²) in [7, 11) is 0. The molecule has 79 valence electrons. The topological polar surface area (TPSA) is 37.3 Å². The lowest BCUT2D eigenvalue weighted by Crippen LogP contribution is -1.99. The number of hydrogen-bond donors (Lipinski definition) is 1. The van der Waals surface area contributed by atoms with E-state index in [0.717, 1.165) is 16.7 Å². The molecule has 0 saturated carbocycles. The Balaban J connectivity index is 2.23. The molecule has 2 rings (SSSR count). The summed E-state index contributed by atoms with van der Waals surface area (Å²) in [4.78, 5) is 10.5. The smallest absolute Gasteiger partial charge is 0.307 e. The van der Waals surface area contributed by atoms with Gasteiger partial charge in [0.15, 0.2) is 0 Å². The van der Waals surface area contributed by atoms with Gasteiger partial charge in [-0.15, -0.1) is 0 Å². The highest BCUT2D eigenvalue weighted by Crippen LogP contribution is 2.19. The third kappa shape index (κ3) is 2.48. The van der Waals surface area contributed by atoms with Gasteiger partial charge in [-0.25, -0.2) is 0 Å². The number of benzene rings is 2. The predicted molar refractivity (Wildman–Crippen MR) is 62.1 cm³/mol. The van der Waals surface area contributed by atoms with Crippen LogP contribution in [0.25, 0.3) is 11.1 Å². The zero-order chi connectivity index (χ0) is 11.4. The highest BCUT2D eigenvalue weighted by atomic mass is 16.4. The van der Waals surface area contributed by atoms with Crippen molar-refractivity contribution in [2.45, 2.75) is 6.42 Å². The minimum atomic E-state index is -0.805. The van der Waals surface area contributed by atoms with Crippen molar-refractivity contribution in [3.8, 4) is 11.1 Å². The molecule has 0 saturated heterocycles. The molecule has 0 heterocycles. The Bertz CT molecular complexity index is 472. The van der Waals surface area contributed by atoms with Crippen LogP contribution in [0.4, 0.5) is 0 Å². The van der Waals surface area contributed by atoms with Crippen LogP contribution in [0, 0.1) is 6.07 Å². The van der Waals surface area contributed by atoms with E-state index >= 15 is 0 Å². The average molecular weight is 211 g/mol. The van der Waals surface area contributed by atoms with Crippen LogP contribution in [0.3, 0.4) is 0 Å². The van der Waals surface area contributed by atoms with E-state index in [4.69, 9.17) is 5.11 Å². The van der Waals surface area contributed by atoms with E-state index in [2.05, 4.69) is 6.07 Å². The molecule has 1 radical (unpaired) electrons. The van der Waals surface area contributed by atoms with Gasteiger partial charge in [-0.05, 0) is 28.8 Å². The second-order valence-corrected chi connectivity index (χ2v) is 3.56. The van der Waals surface area contributed by atoms with Crippen molar-refractivity contribution in [1.82, 2.24) is 0 Å². The second-order valence-electron chi connectivity index (χ2n) is 3.56. The van der Waals surface area contributed by atoms with Gasteiger partial charge >= 0.3 is 5.97 Å². The molecule has 2 aromatic rings. The van der Waals surface area contributed by atoms with Crippen LogP contribution in [0.1, 0.15) is 5.56 Å². The van der Waals surface area contributed by atoms with Crippen LogP contribution >= 0.6 is 0 Å². The molecular weight excluding hydrogens is 200 g/mol. The molecule has 2 aromatic carbocycles. The monoisotopic (exact) mass is 211 g/mol. The number of hydrogen-bond acceptors (Lipinski definition) is 1. The summed E-state index contributed by atoms with van der Waals surface area (Å²) in [6, 6.07) is 18.3. The van der Waals surface area contributed by atoms with Crippen LogP contribution in [0.15, 0.2) is 48.5 Å². The van der Waals surface area contributed by atoms with Gasteiger partial charge in [0, 0.05) is 0 Å².